The van der Waals surface area contributed by atoms with Crippen molar-refractivity contribution in [3.63, 3.8) is 0 Å². The lowest BCUT2D eigenvalue weighted by atomic mass is 9.95. The molecule has 0 rings (SSSR count). The number of unbranched alkanes of at least 4 members (excludes halogenated alkanes) is 14. The van der Waals surface area contributed by atoms with Gasteiger partial charge in [-0.1, -0.05) is 90.4 Å². The van der Waals surface area contributed by atoms with Crippen LogP contribution in [0.1, 0.15) is 161 Å². The number of hydrogen-bond acceptors (Lipinski definition) is 9. The topological polar surface area (TPSA) is 206 Å². The predicted molar refractivity (Wildman–Crippen MR) is 199 cm³/mol. The molecule has 5 N–H and O–H groups in total. The van der Waals surface area contributed by atoms with Gasteiger partial charge < -0.3 is 35.4 Å². The van der Waals surface area contributed by atoms with Crippen molar-refractivity contribution in [3.8, 4) is 0 Å². The van der Waals surface area contributed by atoms with Crippen molar-refractivity contribution in [3.05, 3.63) is 0 Å². The van der Waals surface area contributed by atoms with Gasteiger partial charge in [0.2, 0.25) is 11.8 Å². The van der Waals surface area contributed by atoms with Gasteiger partial charge in [-0.25, -0.2) is 4.79 Å². The van der Waals surface area contributed by atoms with Crippen LogP contribution in [0.25, 0.3) is 0 Å². The summed E-state index contributed by atoms with van der Waals surface area (Å²) in [6.07, 6.45) is 19.5. The summed E-state index contributed by atoms with van der Waals surface area (Å²) in [7, 11) is 0. The molecular formula is C39H70N2O11. The predicted octanol–water partition coefficient (Wildman–Crippen LogP) is 5.92. The summed E-state index contributed by atoms with van der Waals surface area (Å²) in [5.74, 6) is -2.76. The van der Waals surface area contributed by atoms with Crippen LogP contribution in [0.4, 0.5) is 0 Å². The molecule has 302 valence electrons. The van der Waals surface area contributed by atoms with Crippen molar-refractivity contribution in [1.82, 2.24) is 10.6 Å². The van der Waals surface area contributed by atoms with Gasteiger partial charge in [-0.2, -0.15) is 0 Å². The normalized spacial score (nSPS) is 12.3. The molecule has 13 heteroatoms. The quantitative estimate of drug-likeness (QED) is 0.0468. The molecule has 0 spiro atoms. The first kappa shape index (κ1) is 49.1. The van der Waals surface area contributed by atoms with Crippen LogP contribution in [0.5, 0.6) is 0 Å². The highest BCUT2D eigenvalue weighted by Crippen LogP contribution is 2.15. The minimum atomic E-state index is -1.15. The summed E-state index contributed by atoms with van der Waals surface area (Å²) in [6, 6.07) is -1.09. The van der Waals surface area contributed by atoms with Gasteiger partial charge in [-0.3, -0.25) is 24.0 Å². The number of aliphatic hydroxyl groups excluding tert-OH is 1. The number of carbonyl (C=O) groups is 6. The van der Waals surface area contributed by atoms with Crippen molar-refractivity contribution in [1.29, 1.82) is 0 Å². The van der Waals surface area contributed by atoms with E-state index in [0.29, 0.717) is 38.8 Å². The van der Waals surface area contributed by atoms with Crippen LogP contribution < -0.4 is 10.6 Å². The fourth-order valence-electron chi connectivity index (χ4n) is 5.91. The van der Waals surface area contributed by atoms with E-state index >= 15 is 0 Å². The molecule has 0 unspecified atom stereocenters. The summed E-state index contributed by atoms with van der Waals surface area (Å²) >= 11 is 0. The van der Waals surface area contributed by atoms with Gasteiger partial charge in [0.15, 0.2) is 5.78 Å². The first-order valence-corrected chi connectivity index (χ1v) is 19.9. The van der Waals surface area contributed by atoms with E-state index in [2.05, 4.69) is 10.6 Å². The largest absolute Gasteiger partial charge is 0.481 e. The van der Waals surface area contributed by atoms with Crippen LogP contribution >= 0.6 is 0 Å². The Morgan fingerprint density at radius 3 is 1.67 bits per heavy atom. The third-order valence-electron chi connectivity index (χ3n) is 9.14. The van der Waals surface area contributed by atoms with Gasteiger partial charge in [0.05, 0.1) is 13.2 Å². The minimum Gasteiger partial charge on any atom is -0.481 e. The Balaban J connectivity index is 3.72. The number of hydrogen-bond donors (Lipinski definition) is 5. The fraction of sp³-hybridized carbons (Fsp3) is 0.846. The molecule has 0 heterocycles. The summed E-state index contributed by atoms with van der Waals surface area (Å²) < 4.78 is 10.8. The Morgan fingerprint density at radius 1 is 0.577 bits per heavy atom. The Bertz CT molecular complexity index is 976. The van der Waals surface area contributed by atoms with Crippen molar-refractivity contribution in [2.24, 2.45) is 5.92 Å². The first-order valence-electron chi connectivity index (χ1n) is 19.9. The molecule has 0 bridgehead atoms. The second-order valence-corrected chi connectivity index (χ2v) is 13.7. The van der Waals surface area contributed by atoms with Gasteiger partial charge in [-0.05, 0) is 44.9 Å². The molecule has 0 aromatic rings. The van der Waals surface area contributed by atoms with Crippen molar-refractivity contribution in [2.45, 2.75) is 167 Å². The molecule has 0 aliphatic carbocycles. The van der Waals surface area contributed by atoms with Gasteiger partial charge >= 0.3 is 11.9 Å². The molecule has 0 saturated carbocycles. The van der Waals surface area contributed by atoms with Crippen LogP contribution in [0.3, 0.4) is 0 Å². The fourth-order valence-corrected chi connectivity index (χ4v) is 5.91. The minimum absolute atomic E-state index is 0.0477. The van der Waals surface area contributed by atoms with E-state index in [1.165, 1.54) is 44.9 Å². The number of rotatable bonds is 39. The van der Waals surface area contributed by atoms with Gasteiger partial charge in [0.1, 0.15) is 25.0 Å². The molecule has 0 aromatic heterocycles. The molecule has 0 radical (unpaired) electrons. The Kier molecular flexibility index (Phi) is 33.2. The van der Waals surface area contributed by atoms with Crippen molar-refractivity contribution < 1.29 is 53.6 Å². The van der Waals surface area contributed by atoms with E-state index in [4.69, 9.17) is 19.7 Å². The average molecular weight is 743 g/mol. The first-order chi connectivity index (χ1) is 25.1. The lowest BCUT2D eigenvalue weighted by Gasteiger charge is -2.14. The molecule has 0 aromatic carbocycles. The van der Waals surface area contributed by atoms with E-state index in [0.717, 1.165) is 51.4 Å². The lowest BCUT2D eigenvalue weighted by molar-refractivity contribution is -0.142. The number of amides is 2. The highest BCUT2D eigenvalue weighted by molar-refractivity contribution is 5.84. The van der Waals surface area contributed by atoms with Crippen molar-refractivity contribution >= 4 is 35.3 Å². The summed E-state index contributed by atoms with van der Waals surface area (Å²) in [4.78, 5) is 70.1. The zero-order chi connectivity index (χ0) is 38.7. The van der Waals surface area contributed by atoms with E-state index in [1.54, 1.807) is 0 Å². The molecule has 0 aliphatic heterocycles. The second kappa shape index (κ2) is 35.1. The van der Waals surface area contributed by atoms with Gasteiger partial charge in [0, 0.05) is 44.8 Å². The standard InChI is InChI=1S/C39H70N2O11/c1-2-32(35(44)30-42)20-17-18-26-40-37(46)31-52-29-28-51-27-19-21-33(43)24-25-34(39(49)50)41-36(45)22-15-13-11-9-7-5-3-4-6-8-10-12-14-16-23-38(47)48/h32,34,42H,2-31H2,1H3,(H,40,46)(H,41,45)(H,47,48)(H,49,50)/t32-,34-/m0/s1. The Labute approximate surface area is 311 Å². The molecule has 0 fully saturated rings. The Hall–Kier alpha value is -2.90. The summed E-state index contributed by atoms with van der Waals surface area (Å²) in [6.45, 7) is 2.71. The van der Waals surface area contributed by atoms with Crippen LogP contribution in [-0.4, -0.2) is 96.3 Å². The summed E-state index contributed by atoms with van der Waals surface area (Å²) in [5.41, 5.74) is 0. The van der Waals surface area contributed by atoms with Crippen molar-refractivity contribution in [2.75, 3.05) is 39.6 Å². The highest BCUT2D eigenvalue weighted by Gasteiger charge is 2.21. The maximum atomic E-state index is 12.3. The van der Waals surface area contributed by atoms with E-state index in [1.807, 2.05) is 6.92 Å². The molecule has 0 saturated heterocycles. The number of nitrogens with one attached hydrogen (secondary N) is 2. The Morgan fingerprint density at radius 2 is 1.13 bits per heavy atom. The SMILES string of the molecule is CC[C@@H](CCCCNC(=O)COCCOCCCC(=O)CC[C@H](NC(=O)CCCCCCCCCCCCCCCCC(=O)O)C(=O)O)C(=O)CO. The number of Topliss-reactive ketones (excluding diaryl/α,β-unsaturated/α-hetero) is 2. The maximum absolute atomic E-state index is 12.3. The maximum Gasteiger partial charge on any atom is 0.326 e. The number of carbonyl (C=O) groups excluding carboxylic acids is 4. The van der Waals surface area contributed by atoms with Gasteiger partial charge in [0.25, 0.3) is 0 Å². The molecule has 52 heavy (non-hydrogen) atoms. The molecule has 0 aliphatic rings. The molecule has 13 nitrogen and oxygen atoms in total. The lowest BCUT2D eigenvalue weighted by Crippen LogP contribution is -2.41. The van der Waals surface area contributed by atoms with Gasteiger partial charge in [-0.15, -0.1) is 0 Å². The number of ketones is 2. The number of aliphatic hydroxyl groups is 1. The molecular weight excluding hydrogens is 672 g/mol. The van der Waals surface area contributed by atoms with E-state index in [-0.39, 0.29) is 81.2 Å². The number of carboxylic acids is 2. The third-order valence-corrected chi connectivity index (χ3v) is 9.14. The number of ether oxygens (including phenoxy) is 2. The zero-order valence-corrected chi connectivity index (χ0v) is 32.0. The van der Waals surface area contributed by atoms with Crippen LogP contribution in [-0.2, 0) is 38.2 Å². The zero-order valence-electron chi connectivity index (χ0n) is 32.0. The van der Waals surface area contributed by atoms with Crippen LogP contribution in [0.15, 0.2) is 0 Å². The van der Waals surface area contributed by atoms with E-state index < -0.39 is 24.6 Å². The highest BCUT2D eigenvalue weighted by atomic mass is 16.5. The van der Waals surface area contributed by atoms with Crippen LogP contribution in [0.2, 0.25) is 0 Å². The number of aliphatic carboxylic acids is 2. The monoisotopic (exact) mass is 742 g/mol. The summed E-state index contributed by atoms with van der Waals surface area (Å²) in [5, 5.41) is 32.4. The average Bonchev–Trinajstić information content (AvgIpc) is 3.11. The van der Waals surface area contributed by atoms with Crippen LogP contribution in [0, 0.1) is 5.92 Å². The smallest absolute Gasteiger partial charge is 0.326 e. The van der Waals surface area contributed by atoms with E-state index in [9.17, 15) is 33.9 Å². The second-order valence-electron chi connectivity index (χ2n) is 13.7. The number of carboxylic acid groups (broad SMARTS) is 2. The molecule has 2 atom stereocenters. The third kappa shape index (κ3) is 31.8. The molecule has 2 amide bonds.